The van der Waals surface area contributed by atoms with Gasteiger partial charge in [-0.25, -0.2) is 9.78 Å². The van der Waals surface area contributed by atoms with Crippen molar-refractivity contribution in [3.8, 4) is 27.9 Å². The highest BCUT2D eigenvalue weighted by Gasteiger charge is 2.14. The van der Waals surface area contributed by atoms with Crippen LogP contribution in [0.25, 0.3) is 21.8 Å². The topological polar surface area (TPSA) is 63.0 Å². The Morgan fingerprint density at radius 2 is 1.78 bits per heavy atom. The summed E-state index contributed by atoms with van der Waals surface area (Å²) in [5.41, 5.74) is 2.95. The van der Waals surface area contributed by atoms with E-state index < -0.39 is 0 Å². The molecule has 5 heteroatoms. The molecule has 2 aromatic carbocycles. The van der Waals surface area contributed by atoms with Gasteiger partial charge in [0.15, 0.2) is 0 Å². The molecule has 0 unspecified atom stereocenters. The molecular formula is C18H12N2O2S. The number of methoxy groups -OCH3 is 1. The third kappa shape index (κ3) is 2.98. The lowest BCUT2D eigenvalue weighted by Gasteiger charge is -2.00. The maximum absolute atomic E-state index is 11.5. The molecule has 0 aliphatic rings. The highest BCUT2D eigenvalue weighted by molar-refractivity contribution is 7.16. The Balaban J connectivity index is 2.00. The van der Waals surface area contributed by atoms with E-state index in [0.717, 1.165) is 16.1 Å². The predicted octanol–water partition coefficient (Wildman–Crippen LogP) is 4.14. The minimum Gasteiger partial charge on any atom is -0.465 e. The summed E-state index contributed by atoms with van der Waals surface area (Å²) in [6, 6.07) is 18.8. The largest absolute Gasteiger partial charge is 0.465 e. The Morgan fingerprint density at radius 1 is 1.09 bits per heavy atom. The number of rotatable bonds is 3. The number of nitrogens with zero attached hydrogens (tertiary/aromatic N) is 2. The normalized spacial score (nSPS) is 10.1. The number of nitriles is 1. The summed E-state index contributed by atoms with van der Waals surface area (Å²) in [6.07, 6.45) is 0. The van der Waals surface area contributed by atoms with Crippen molar-refractivity contribution in [2.75, 3.05) is 7.11 Å². The zero-order valence-electron chi connectivity index (χ0n) is 12.3. The van der Waals surface area contributed by atoms with Crippen molar-refractivity contribution in [3.63, 3.8) is 0 Å². The van der Waals surface area contributed by atoms with E-state index in [0.29, 0.717) is 16.1 Å². The van der Waals surface area contributed by atoms with E-state index in [9.17, 15) is 10.1 Å². The van der Waals surface area contributed by atoms with Crippen molar-refractivity contribution in [2.45, 2.75) is 0 Å². The van der Waals surface area contributed by atoms with Gasteiger partial charge in [-0.05, 0) is 12.1 Å². The fourth-order valence-electron chi connectivity index (χ4n) is 2.18. The van der Waals surface area contributed by atoms with Crippen LogP contribution in [0, 0.1) is 11.3 Å². The molecule has 1 aromatic heterocycles. The van der Waals surface area contributed by atoms with E-state index in [4.69, 9.17) is 0 Å². The molecule has 0 aliphatic carbocycles. The second kappa shape index (κ2) is 6.42. The van der Waals surface area contributed by atoms with E-state index in [1.807, 2.05) is 30.3 Å². The summed E-state index contributed by atoms with van der Waals surface area (Å²) in [6.45, 7) is 0. The van der Waals surface area contributed by atoms with Gasteiger partial charge in [0, 0.05) is 11.1 Å². The molecule has 4 nitrogen and oxygen atoms in total. The van der Waals surface area contributed by atoms with Crippen LogP contribution in [0.3, 0.4) is 0 Å². The molecule has 3 aromatic rings. The number of hydrogen-bond acceptors (Lipinski definition) is 5. The van der Waals surface area contributed by atoms with E-state index >= 15 is 0 Å². The third-order valence-corrected chi connectivity index (χ3v) is 4.34. The molecule has 0 aliphatic heterocycles. The van der Waals surface area contributed by atoms with E-state index in [2.05, 4.69) is 15.8 Å². The molecule has 0 fully saturated rings. The van der Waals surface area contributed by atoms with Crippen molar-refractivity contribution < 1.29 is 9.53 Å². The predicted molar refractivity (Wildman–Crippen MR) is 89.0 cm³/mol. The Bertz CT molecular complexity index is 878. The lowest BCUT2D eigenvalue weighted by molar-refractivity contribution is 0.0601. The van der Waals surface area contributed by atoms with Crippen LogP contribution in [0.1, 0.15) is 15.2 Å². The zero-order valence-corrected chi connectivity index (χ0v) is 13.1. The number of carbonyl (C=O) groups excluding carboxylic acids is 1. The molecule has 0 N–H and O–H groups in total. The number of ether oxygens (including phenoxy) is 1. The van der Waals surface area contributed by atoms with Gasteiger partial charge in [0.05, 0.1) is 18.4 Å². The lowest BCUT2D eigenvalue weighted by Crippen LogP contribution is -2.00. The van der Waals surface area contributed by atoms with Gasteiger partial charge in [0.25, 0.3) is 0 Å². The van der Waals surface area contributed by atoms with Crippen molar-refractivity contribution in [1.29, 1.82) is 5.26 Å². The Labute approximate surface area is 137 Å². The molecule has 0 saturated heterocycles. The lowest BCUT2D eigenvalue weighted by atomic mass is 10.1. The van der Waals surface area contributed by atoms with Crippen LogP contribution in [-0.4, -0.2) is 18.1 Å². The summed E-state index contributed by atoms with van der Waals surface area (Å²) in [7, 11) is 1.35. The monoisotopic (exact) mass is 320 g/mol. The molecule has 112 valence electrons. The van der Waals surface area contributed by atoms with Crippen LogP contribution in [0.4, 0.5) is 0 Å². The molecule has 0 saturated carbocycles. The van der Waals surface area contributed by atoms with Gasteiger partial charge in [0.2, 0.25) is 0 Å². The van der Waals surface area contributed by atoms with E-state index in [-0.39, 0.29) is 5.97 Å². The quantitative estimate of drug-likeness (QED) is 0.681. The summed E-state index contributed by atoms with van der Waals surface area (Å²) in [5.74, 6) is -0.377. The summed E-state index contributed by atoms with van der Waals surface area (Å²) >= 11 is 1.34. The Kier molecular flexibility index (Phi) is 4.18. The maximum atomic E-state index is 11.5. The molecule has 0 radical (unpaired) electrons. The van der Waals surface area contributed by atoms with Crippen LogP contribution in [0.2, 0.25) is 0 Å². The second-order valence-corrected chi connectivity index (χ2v) is 5.74. The smallest absolute Gasteiger partial charge is 0.337 e. The number of thiazole rings is 1. The number of hydrogen-bond donors (Lipinski definition) is 0. The fourth-order valence-corrected chi connectivity index (χ4v) is 3.07. The number of carbonyl (C=O) groups is 1. The van der Waals surface area contributed by atoms with Gasteiger partial charge in [-0.2, -0.15) is 5.26 Å². The first-order chi connectivity index (χ1) is 11.2. The average Bonchev–Trinajstić information content (AvgIpc) is 3.06. The minimum absolute atomic E-state index is 0.377. The highest BCUT2D eigenvalue weighted by atomic mass is 32.1. The first kappa shape index (κ1) is 14.9. The highest BCUT2D eigenvalue weighted by Crippen LogP contribution is 2.33. The maximum Gasteiger partial charge on any atom is 0.337 e. The molecule has 3 rings (SSSR count). The first-order valence-corrected chi connectivity index (χ1v) is 7.69. The molecule has 0 bridgehead atoms. The van der Waals surface area contributed by atoms with Gasteiger partial charge < -0.3 is 4.74 Å². The Morgan fingerprint density at radius 3 is 2.39 bits per heavy atom. The summed E-state index contributed by atoms with van der Waals surface area (Å²) in [5, 5.41) is 10.1. The summed E-state index contributed by atoms with van der Waals surface area (Å²) in [4.78, 5) is 16.6. The van der Waals surface area contributed by atoms with Crippen LogP contribution in [0.5, 0.6) is 0 Å². The minimum atomic E-state index is -0.377. The average molecular weight is 320 g/mol. The molecule has 0 spiro atoms. The first-order valence-electron chi connectivity index (χ1n) is 6.88. The van der Waals surface area contributed by atoms with Crippen molar-refractivity contribution >= 4 is 17.3 Å². The van der Waals surface area contributed by atoms with Gasteiger partial charge in [-0.3, -0.25) is 0 Å². The third-order valence-electron chi connectivity index (χ3n) is 3.33. The van der Waals surface area contributed by atoms with Crippen LogP contribution in [-0.2, 0) is 4.74 Å². The molecule has 1 heterocycles. The molecular weight excluding hydrogens is 308 g/mol. The van der Waals surface area contributed by atoms with Gasteiger partial charge in [0.1, 0.15) is 16.0 Å². The van der Waals surface area contributed by atoms with Crippen molar-refractivity contribution in [2.24, 2.45) is 0 Å². The van der Waals surface area contributed by atoms with Gasteiger partial charge >= 0.3 is 5.97 Å². The van der Waals surface area contributed by atoms with Gasteiger partial charge in [-0.15, -0.1) is 11.3 Å². The Hall–Kier alpha value is -2.97. The molecule has 23 heavy (non-hydrogen) atoms. The summed E-state index contributed by atoms with van der Waals surface area (Å²) < 4.78 is 4.69. The van der Waals surface area contributed by atoms with Crippen LogP contribution >= 0.6 is 11.3 Å². The van der Waals surface area contributed by atoms with Crippen LogP contribution < -0.4 is 0 Å². The number of esters is 1. The number of benzene rings is 2. The standard InChI is InChI=1S/C18H12N2O2S/c1-22-18(21)14-9-7-13(8-10-14)17-20-16(15(11-19)23-17)12-5-3-2-4-6-12/h2-10H,1H3. The zero-order chi connectivity index (χ0) is 16.2. The SMILES string of the molecule is COC(=O)c1ccc(-c2nc(-c3ccccc3)c(C#N)s2)cc1. The van der Waals surface area contributed by atoms with E-state index in [1.54, 1.807) is 24.3 Å². The van der Waals surface area contributed by atoms with E-state index in [1.165, 1.54) is 18.4 Å². The van der Waals surface area contributed by atoms with Crippen molar-refractivity contribution in [1.82, 2.24) is 4.98 Å². The van der Waals surface area contributed by atoms with Crippen molar-refractivity contribution in [3.05, 3.63) is 65.0 Å². The molecule has 0 atom stereocenters. The fraction of sp³-hybridized carbons (Fsp3) is 0.0556. The number of aromatic nitrogens is 1. The van der Waals surface area contributed by atoms with Crippen LogP contribution in [0.15, 0.2) is 54.6 Å². The molecule has 0 amide bonds. The van der Waals surface area contributed by atoms with Gasteiger partial charge in [-0.1, -0.05) is 42.5 Å². The second-order valence-electron chi connectivity index (χ2n) is 4.74.